The maximum atomic E-state index is 13.1. The standard InChI is InChI=1S/C16H14F3N5O3/c1-7(14(26)27)21-13-10(16(17,18)19)6-20-15(24-13)22-9-2-3-11-8(4-9)5-12(25)23-11/h2-4,6-7H,5H2,1H3,(H,23,25)(H,26,27)(H2,20,21,22,24). The first kappa shape index (κ1) is 18.4. The first-order valence-electron chi connectivity index (χ1n) is 7.77. The van der Waals surface area contributed by atoms with E-state index in [-0.39, 0.29) is 18.3 Å². The molecule has 0 saturated heterocycles. The molecule has 1 aliphatic heterocycles. The van der Waals surface area contributed by atoms with Gasteiger partial charge in [0.2, 0.25) is 11.9 Å². The van der Waals surface area contributed by atoms with Crippen LogP contribution >= 0.6 is 0 Å². The average molecular weight is 381 g/mol. The number of nitrogens with one attached hydrogen (secondary N) is 3. The quantitative estimate of drug-likeness (QED) is 0.629. The monoisotopic (exact) mass is 381 g/mol. The average Bonchev–Trinajstić information content (AvgIpc) is 2.93. The summed E-state index contributed by atoms with van der Waals surface area (Å²) in [4.78, 5) is 29.7. The number of hydrogen-bond acceptors (Lipinski definition) is 6. The van der Waals surface area contributed by atoms with Gasteiger partial charge in [0.15, 0.2) is 0 Å². The normalized spacial score (nSPS) is 14.3. The van der Waals surface area contributed by atoms with Gasteiger partial charge in [-0.2, -0.15) is 18.2 Å². The number of carboxylic acid groups (broad SMARTS) is 1. The fourth-order valence-corrected chi connectivity index (χ4v) is 2.46. The number of benzene rings is 1. The molecule has 4 N–H and O–H groups in total. The van der Waals surface area contributed by atoms with Crippen molar-refractivity contribution in [3.8, 4) is 0 Å². The number of nitrogens with zero attached hydrogens (tertiary/aromatic N) is 2. The highest BCUT2D eigenvalue weighted by Crippen LogP contribution is 2.34. The predicted molar refractivity (Wildman–Crippen MR) is 89.8 cm³/mol. The molecule has 1 aromatic carbocycles. The van der Waals surface area contributed by atoms with Gasteiger partial charge < -0.3 is 21.1 Å². The molecule has 1 aliphatic rings. The maximum absolute atomic E-state index is 13.1. The van der Waals surface area contributed by atoms with Crippen LogP contribution in [0.5, 0.6) is 0 Å². The molecular weight excluding hydrogens is 367 g/mol. The zero-order chi connectivity index (χ0) is 19.8. The van der Waals surface area contributed by atoms with Crippen LogP contribution in [0.1, 0.15) is 18.1 Å². The molecule has 142 valence electrons. The van der Waals surface area contributed by atoms with Crippen LogP contribution < -0.4 is 16.0 Å². The number of fused-ring (bicyclic) bond motifs is 1. The van der Waals surface area contributed by atoms with Gasteiger partial charge in [0, 0.05) is 17.6 Å². The molecule has 2 aromatic rings. The number of carbonyl (C=O) groups excluding carboxylic acids is 1. The smallest absolute Gasteiger partial charge is 0.421 e. The minimum Gasteiger partial charge on any atom is -0.480 e. The Labute approximate surface area is 150 Å². The third kappa shape index (κ3) is 4.07. The molecule has 0 aliphatic carbocycles. The third-order valence-electron chi connectivity index (χ3n) is 3.80. The van der Waals surface area contributed by atoms with Gasteiger partial charge >= 0.3 is 12.1 Å². The van der Waals surface area contributed by atoms with Gasteiger partial charge in [0.05, 0.1) is 6.42 Å². The number of aliphatic carboxylic acids is 1. The lowest BCUT2D eigenvalue weighted by Crippen LogP contribution is -2.28. The van der Waals surface area contributed by atoms with E-state index >= 15 is 0 Å². The SMILES string of the molecule is CC(Nc1nc(Nc2ccc3c(c2)CC(=O)N3)ncc1C(F)(F)F)C(=O)O. The van der Waals surface area contributed by atoms with Gasteiger partial charge in [-0.05, 0) is 30.7 Å². The number of carboxylic acids is 1. The van der Waals surface area contributed by atoms with Gasteiger partial charge in [-0.15, -0.1) is 0 Å². The molecule has 1 unspecified atom stereocenters. The van der Waals surface area contributed by atoms with Crippen molar-refractivity contribution in [2.75, 3.05) is 16.0 Å². The number of aromatic nitrogens is 2. The molecule has 2 heterocycles. The number of hydrogen-bond donors (Lipinski definition) is 4. The van der Waals surface area contributed by atoms with Crippen LogP contribution in [0.2, 0.25) is 0 Å². The minimum atomic E-state index is -4.75. The predicted octanol–water partition coefficient (Wildman–Crippen LogP) is 2.62. The summed E-state index contributed by atoms with van der Waals surface area (Å²) >= 11 is 0. The van der Waals surface area contributed by atoms with Gasteiger partial charge in [0.25, 0.3) is 0 Å². The van der Waals surface area contributed by atoms with Gasteiger partial charge in [-0.3, -0.25) is 9.59 Å². The molecular formula is C16H14F3N5O3. The van der Waals surface area contributed by atoms with Crippen molar-refractivity contribution in [3.63, 3.8) is 0 Å². The number of anilines is 4. The minimum absolute atomic E-state index is 0.151. The summed E-state index contributed by atoms with van der Waals surface area (Å²) in [5, 5.41) is 16.6. The van der Waals surface area contributed by atoms with Crippen LogP contribution in [0, 0.1) is 0 Å². The molecule has 0 saturated carbocycles. The maximum Gasteiger partial charge on any atom is 0.421 e. The summed E-state index contributed by atoms with van der Waals surface area (Å²) in [6.45, 7) is 1.20. The van der Waals surface area contributed by atoms with Crippen molar-refractivity contribution >= 4 is 35.0 Å². The van der Waals surface area contributed by atoms with Crippen LogP contribution in [0.15, 0.2) is 24.4 Å². The van der Waals surface area contributed by atoms with Crippen LogP contribution in [-0.4, -0.2) is 33.0 Å². The molecule has 11 heteroatoms. The third-order valence-corrected chi connectivity index (χ3v) is 3.80. The summed E-state index contributed by atoms with van der Waals surface area (Å²) in [5.41, 5.74) is 0.693. The number of rotatable bonds is 5. The van der Waals surface area contributed by atoms with E-state index in [9.17, 15) is 22.8 Å². The molecule has 0 fully saturated rings. The van der Waals surface area contributed by atoms with E-state index in [1.807, 2.05) is 0 Å². The lowest BCUT2D eigenvalue weighted by atomic mass is 10.1. The second kappa shape index (κ2) is 6.74. The van der Waals surface area contributed by atoms with Crippen LogP contribution in [0.25, 0.3) is 0 Å². The highest BCUT2D eigenvalue weighted by Gasteiger charge is 2.36. The number of carbonyl (C=O) groups is 2. The second-order valence-corrected chi connectivity index (χ2v) is 5.88. The number of amides is 1. The molecule has 1 atom stereocenters. The molecule has 0 radical (unpaired) electrons. The number of alkyl halides is 3. The van der Waals surface area contributed by atoms with E-state index in [2.05, 4.69) is 25.9 Å². The largest absolute Gasteiger partial charge is 0.480 e. The first-order chi connectivity index (χ1) is 12.6. The van der Waals surface area contributed by atoms with Crippen LogP contribution in [-0.2, 0) is 22.2 Å². The van der Waals surface area contributed by atoms with E-state index in [4.69, 9.17) is 5.11 Å². The Kier molecular flexibility index (Phi) is 4.60. The van der Waals surface area contributed by atoms with Crippen molar-refractivity contribution in [2.24, 2.45) is 0 Å². The molecule has 0 bridgehead atoms. The van der Waals surface area contributed by atoms with Crippen molar-refractivity contribution in [1.29, 1.82) is 0 Å². The molecule has 8 nitrogen and oxygen atoms in total. The topological polar surface area (TPSA) is 116 Å². The summed E-state index contributed by atoms with van der Waals surface area (Å²) in [6, 6.07) is 3.63. The lowest BCUT2D eigenvalue weighted by Gasteiger charge is -2.17. The highest BCUT2D eigenvalue weighted by molar-refractivity contribution is 5.99. The van der Waals surface area contributed by atoms with E-state index in [1.165, 1.54) is 6.92 Å². The number of halogens is 3. The van der Waals surface area contributed by atoms with Gasteiger partial charge in [-0.25, -0.2) is 4.98 Å². The fraction of sp³-hybridized carbons (Fsp3) is 0.250. The summed E-state index contributed by atoms with van der Waals surface area (Å²) in [7, 11) is 0. The Hall–Kier alpha value is -3.37. The van der Waals surface area contributed by atoms with Crippen molar-refractivity contribution in [1.82, 2.24) is 9.97 Å². The summed E-state index contributed by atoms with van der Waals surface area (Å²) < 4.78 is 39.4. The Morgan fingerprint density at radius 2 is 2.11 bits per heavy atom. The van der Waals surface area contributed by atoms with Crippen molar-refractivity contribution < 1.29 is 27.9 Å². The van der Waals surface area contributed by atoms with Crippen molar-refractivity contribution in [2.45, 2.75) is 25.6 Å². The lowest BCUT2D eigenvalue weighted by molar-refractivity contribution is -0.139. The second-order valence-electron chi connectivity index (χ2n) is 5.88. The van der Waals surface area contributed by atoms with E-state index < -0.39 is 29.6 Å². The molecule has 1 amide bonds. The van der Waals surface area contributed by atoms with E-state index in [0.717, 1.165) is 5.56 Å². The van der Waals surface area contributed by atoms with Crippen LogP contribution in [0.3, 0.4) is 0 Å². The van der Waals surface area contributed by atoms with E-state index in [0.29, 0.717) is 17.6 Å². The van der Waals surface area contributed by atoms with Gasteiger partial charge in [-0.1, -0.05) is 0 Å². The molecule has 1 aromatic heterocycles. The van der Waals surface area contributed by atoms with E-state index in [1.54, 1.807) is 18.2 Å². The van der Waals surface area contributed by atoms with Crippen molar-refractivity contribution in [3.05, 3.63) is 35.5 Å². The Balaban J connectivity index is 1.89. The Bertz CT molecular complexity index is 917. The Morgan fingerprint density at radius 1 is 1.37 bits per heavy atom. The fourth-order valence-electron chi connectivity index (χ4n) is 2.46. The Morgan fingerprint density at radius 3 is 2.78 bits per heavy atom. The summed E-state index contributed by atoms with van der Waals surface area (Å²) in [6.07, 6.45) is -3.98. The van der Waals surface area contributed by atoms with Gasteiger partial charge in [0.1, 0.15) is 17.4 Å². The summed E-state index contributed by atoms with van der Waals surface area (Å²) in [5.74, 6) is -2.28. The molecule has 0 spiro atoms. The molecule has 3 rings (SSSR count). The first-order valence-corrected chi connectivity index (χ1v) is 7.77. The highest BCUT2D eigenvalue weighted by atomic mass is 19.4. The molecule has 27 heavy (non-hydrogen) atoms. The van der Waals surface area contributed by atoms with Crippen LogP contribution in [0.4, 0.5) is 36.3 Å². The zero-order valence-electron chi connectivity index (χ0n) is 13.9. The zero-order valence-corrected chi connectivity index (χ0v) is 13.9.